The monoisotopic (exact) mass is 354 g/mol. The Hall–Kier alpha value is -0.780. The average molecular weight is 355 g/mol. The fraction of sp³-hybridized carbons (Fsp3) is 0.625. The highest BCUT2D eigenvalue weighted by Crippen LogP contribution is 2.36. The number of nitrogens with one attached hydrogen (secondary N) is 1. The largest absolute Gasteiger partial charge is 0.486 e. The van der Waals surface area contributed by atoms with Crippen LogP contribution in [0.3, 0.4) is 0 Å². The predicted molar refractivity (Wildman–Crippen MR) is 87.1 cm³/mol. The lowest BCUT2D eigenvalue weighted by Crippen LogP contribution is -2.38. The van der Waals surface area contributed by atoms with Gasteiger partial charge in [-0.25, -0.2) is 0 Å². The van der Waals surface area contributed by atoms with E-state index in [9.17, 15) is 0 Å². The molecule has 0 bridgehead atoms. The summed E-state index contributed by atoms with van der Waals surface area (Å²) < 4.78 is 12.4. The van der Waals surface area contributed by atoms with E-state index in [1.165, 1.54) is 31.5 Å². The molecule has 0 radical (unpaired) electrons. The van der Waals surface area contributed by atoms with Crippen molar-refractivity contribution in [3.05, 3.63) is 22.2 Å². The van der Waals surface area contributed by atoms with Crippen LogP contribution in [-0.4, -0.2) is 44.8 Å². The van der Waals surface area contributed by atoms with E-state index in [1.54, 1.807) is 0 Å². The third-order valence-electron chi connectivity index (χ3n) is 4.20. The number of ether oxygens (including phenoxy) is 2. The third-order valence-corrected chi connectivity index (χ3v) is 4.94. The van der Waals surface area contributed by atoms with Gasteiger partial charge in [-0.3, -0.25) is 4.90 Å². The molecule has 1 unspecified atom stereocenters. The number of benzene rings is 1. The molecule has 1 saturated heterocycles. The predicted octanol–water partition coefficient (Wildman–Crippen LogP) is 2.65. The summed E-state index contributed by atoms with van der Waals surface area (Å²) in [5, 5.41) is 3.30. The van der Waals surface area contributed by atoms with Gasteiger partial charge >= 0.3 is 0 Å². The zero-order valence-corrected chi connectivity index (χ0v) is 14.1. The Kier molecular flexibility index (Phi) is 5.03. The van der Waals surface area contributed by atoms with Crippen molar-refractivity contribution in [2.24, 2.45) is 5.92 Å². The number of piperidine rings is 1. The fourth-order valence-electron chi connectivity index (χ4n) is 3.22. The topological polar surface area (TPSA) is 33.7 Å². The number of hydrogen-bond acceptors (Lipinski definition) is 4. The van der Waals surface area contributed by atoms with Crippen molar-refractivity contribution in [1.29, 1.82) is 0 Å². The second-order valence-electron chi connectivity index (χ2n) is 5.89. The molecule has 1 fully saturated rings. The second-order valence-corrected chi connectivity index (χ2v) is 6.74. The molecule has 4 nitrogen and oxygen atoms in total. The quantitative estimate of drug-likeness (QED) is 0.901. The highest BCUT2D eigenvalue weighted by atomic mass is 79.9. The van der Waals surface area contributed by atoms with E-state index in [1.807, 2.05) is 13.1 Å². The molecule has 2 aliphatic rings. The van der Waals surface area contributed by atoms with Gasteiger partial charge in [0.25, 0.3) is 0 Å². The molecule has 2 heterocycles. The van der Waals surface area contributed by atoms with Crippen LogP contribution in [0.1, 0.15) is 18.4 Å². The number of rotatable bonds is 4. The summed E-state index contributed by atoms with van der Waals surface area (Å²) >= 11 is 3.67. The Bertz CT molecular complexity index is 493. The highest BCUT2D eigenvalue weighted by molar-refractivity contribution is 9.10. The van der Waals surface area contributed by atoms with Gasteiger partial charge in [0.1, 0.15) is 13.2 Å². The summed E-state index contributed by atoms with van der Waals surface area (Å²) in [6.45, 7) is 5.71. The van der Waals surface area contributed by atoms with Crippen LogP contribution in [0.25, 0.3) is 0 Å². The fourth-order valence-corrected chi connectivity index (χ4v) is 3.67. The first-order valence-electron chi connectivity index (χ1n) is 7.71. The number of nitrogens with zero attached hydrogens (tertiary/aromatic N) is 1. The van der Waals surface area contributed by atoms with Gasteiger partial charge in [-0.05, 0) is 56.6 Å². The van der Waals surface area contributed by atoms with Crippen LogP contribution in [0, 0.1) is 5.92 Å². The summed E-state index contributed by atoms with van der Waals surface area (Å²) in [6, 6.07) is 4.17. The Labute approximate surface area is 134 Å². The van der Waals surface area contributed by atoms with Crippen molar-refractivity contribution in [3.63, 3.8) is 0 Å². The van der Waals surface area contributed by atoms with Gasteiger partial charge < -0.3 is 14.8 Å². The van der Waals surface area contributed by atoms with Crippen molar-refractivity contribution in [1.82, 2.24) is 10.2 Å². The molecule has 0 saturated carbocycles. The molecule has 0 aliphatic carbocycles. The molecule has 0 amide bonds. The van der Waals surface area contributed by atoms with E-state index in [4.69, 9.17) is 9.47 Å². The highest BCUT2D eigenvalue weighted by Gasteiger charge is 2.21. The first kappa shape index (κ1) is 15.1. The molecule has 1 aromatic rings. The van der Waals surface area contributed by atoms with E-state index in [0.717, 1.165) is 35.0 Å². The van der Waals surface area contributed by atoms with E-state index in [2.05, 4.69) is 32.2 Å². The molecule has 0 aromatic heterocycles. The Morgan fingerprint density at radius 3 is 2.81 bits per heavy atom. The first-order valence-corrected chi connectivity index (χ1v) is 8.50. The van der Waals surface area contributed by atoms with Crippen LogP contribution in [0.4, 0.5) is 0 Å². The Morgan fingerprint density at radius 2 is 2.05 bits per heavy atom. The Morgan fingerprint density at radius 1 is 1.29 bits per heavy atom. The lowest BCUT2D eigenvalue weighted by Gasteiger charge is -2.33. The van der Waals surface area contributed by atoms with Gasteiger partial charge in [-0.2, -0.15) is 0 Å². The standard InChI is InChI=1S/C16H23BrN2O2/c1-18-9-12-3-2-4-19(10-12)11-13-7-15-16(8-14(13)17)21-6-5-20-15/h7-8,12,18H,2-6,9-11H2,1H3. The molecular weight excluding hydrogens is 332 g/mol. The van der Waals surface area contributed by atoms with Gasteiger partial charge in [0.15, 0.2) is 11.5 Å². The van der Waals surface area contributed by atoms with Crippen molar-refractivity contribution in [3.8, 4) is 11.5 Å². The van der Waals surface area contributed by atoms with Gasteiger partial charge in [0, 0.05) is 17.6 Å². The maximum absolute atomic E-state index is 5.69. The van der Waals surface area contributed by atoms with Crippen molar-refractivity contribution in [2.75, 3.05) is 39.9 Å². The molecule has 116 valence electrons. The zero-order valence-electron chi connectivity index (χ0n) is 12.5. The van der Waals surface area contributed by atoms with E-state index < -0.39 is 0 Å². The van der Waals surface area contributed by atoms with Gasteiger partial charge in [0.05, 0.1) is 0 Å². The SMILES string of the molecule is CNCC1CCCN(Cc2cc3c(cc2Br)OCCO3)C1. The van der Waals surface area contributed by atoms with Gasteiger partial charge in [-0.1, -0.05) is 15.9 Å². The summed E-state index contributed by atoms with van der Waals surface area (Å²) in [4.78, 5) is 2.54. The lowest BCUT2D eigenvalue weighted by atomic mass is 9.97. The van der Waals surface area contributed by atoms with Crippen LogP contribution >= 0.6 is 15.9 Å². The van der Waals surface area contributed by atoms with Crippen LogP contribution in [0.2, 0.25) is 0 Å². The first-order chi connectivity index (χ1) is 10.3. The smallest absolute Gasteiger partial charge is 0.162 e. The summed E-state index contributed by atoms with van der Waals surface area (Å²) in [5.74, 6) is 2.49. The maximum atomic E-state index is 5.69. The molecule has 1 aromatic carbocycles. The molecule has 2 aliphatic heterocycles. The molecule has 1 atom stereocenters. The molecule has 21 heavy (non-hydrogen) atoms. The number of hydrogen-bond donors (Lipinski definition) is 1. The second kappa shape index (κ2) is 6.99. The van der Waals surface area contributed by atoms with Gasteiger partial charge in [0.2, 0.25) is 0 Å². The third kappa shape index (κ3) is 3.71. The van der Waals surface area contributed by atoms with Crippen LogP contribution in [-0.2, 0) is 6.54 Å². The number of halogens is 1. The number of likely N-dealkylation sites (tertiary alicyclic amines) is 1. The van der Waals surface area contributed by atoms with E-state index >= 15 is 0 Å². The van der Waals surface area contributed by atoms with E-state index in [-0.39, 0.29) is 0 Å². The normalized spacial score (nSPS) is 22.3. The lowest BCUT2D eigenvalue weighted by molar-refractivity contribution is 0.162. The molecular formula is C16H23BrN2O2. The summed E-state index contributed by atoms with van der Waals surface area (Å²) in [5.41, 5.74) is 1.28. The Balaban J connectivity index is 1.69. The van der Waals surface area contributed by atoms with Crippen molar-refractivity contribution >= 4 is 15.9 Å². The molecule has 5 heteroatoms. The minimum atomic E-state index is 0.636. The molecule has 1 N–H and O–H groups in total. The molecule has 0 spiro atoms. The molecule has 3 rings (SSSR count). The van der Waals surface area contributed by atoms with Gasteiger partial charge in [-0.15, -0.1) is 0 Å². The summed E-state index contributed by atoms with van der Waals surface area (Å²) in [6.07, 6.45) is 2.62. The number of fused-ring (bicyclic) bond motifs is 1. The zero-order chi connectivity index (χ0) is 14.7. The summed E-state index contributed by atoms with van der Waals surface area (Å²) in [7, 11) is 2.04. The average Bonchev–Trinajstić information content (AvgIpc) is 2.49. The van der Waals surface area contributed by atoms with Crippen LogP contribution in [0.15, 0.2) is 16.6 Å². The van der Waals surface area contributed by atoms with Crippen LogP contribution < -0.4 is 14.8 Å². The van der Waals surface area contributed by atoms with Crippen LogP contribution in [0.5, 0.6) is 11.5 Å². The minimum Gasteiger partial charge on any atom is -0.486 e. The maximum Gasteiger partial charge on any atom is 0.162 e. The van der Waals surface area contributed by atoms with Crippen molar-refractivity contribution < 1.29 is 9.47 Å². The van der Waals surface area contributed by atoms with E-state index in [0.29, 0.717) is 13.2 Å². The van der Waals surface area contributed by atoms with Crippen molar-refractivity contribution in [2.45, 2.75) is 19.4 Å². The minimum absolute atomic E-state index is 0.636.